The van der Waals surface area contributed by atoms with Gasteiger partial charge in [-0.1, -0.05) is 29.8 Å². The van der Waals surface area contributed by atoms with Crippen LogP contribution in [-0.2, 0) is 11.3 Å². The summed E-state index contributed by atoms with van der Waals surface area (Å²) in [6, 6.07) is 15.2. The SMILES string of the molecule is COc1cc2c(=O)c(C(=O)c3ccc(C)cc3)cn(CC(=O)Nc3ccc4c(c3)OCCO4)c2cc1OC. The summed E-state index contributed by atoms with van der Waals surface area (Å²) in [6.07, 6.45) is 1.42. The summed E-state index contributed by atoms with van der Waals surface area (Å²) in [5.74, 6) is 1.08. The minimum atomic E-state index is -0.463. The maximum absolute atomic E-state index is 13.5. The van der Waals surface area contributed by atoms with Gasteiger partial charge >= 0.3 is 0 Å². The number of ether oxygens (including phenoxy) is 4. The molecule has 5 rings (SSSR count). The summed E-state index contributed by atoms with van der Waals surface area (Å²) in [5, 5.41) is 3.07. The van der Waals surface area contributed by atoms with Crippen molar-refractivity contribution in [2.24, 2.45) is 0 Å². The predicted octanol–water partition coefficient (Wildman–Crippen LogP) is 3.97. The zero-order chi connectivity index (χ0) is 26.8. The lowest BCUT2D eigenvalue weighted by Gasteiger charge is -2.19. The van der Waals surface area contributed by atoms with Crippen LogP contribution in [0.5, 0.6) is 23.0 Å². The van der Waals surface area contributed by atoms with Crippen molar-refractivity contribution >= 4 is 28.3 Å². The Balaban J connectivity index is 1.55. The van der Waals surface area contributed by atoms with Crippen molar-refractivity contribution in [3.8, 4) is 23.0 Å². The second-order valence-electron chi connectivity index (χ2n) is 8.83. The number of carbonyl (C=O) groups is 2. The van der Waals surface area contributed by atoms with Crippen LogP contribution in [0, 0.1) is 6.92 Å². The van der Waals surface area contributed by atoms with Crippen molar-refractivity contribution in [1.82, 2.24) is 4.57 Å². The molecule has 9 heteroatoms. The number of carbonyl (C=O) groups excluding carboxylic acids is 2. The van der Waals surface area contributed by atoms with Gasteiger partial charge in [-0.2, -0.15) is 0 Å². The van der Waals surface area contributed by atoms with Crippen molar-refractivity contribution in [2.75, 3.05) is 32.8 Å². The van der Waals surface area contributed by atoms with Crippen molar-refractivity contribution in [3.05, 3.63) is 87.7 Å². The van der Waals surface area contributed by atoms with Crippen LogP contribution in [0.1, 0.15) is 21.5 Å². The van der Waals surface area contributed by atoms with Gasteiger partial charge in [0.25, 0.3) is 0 Å². The predicted molar refractivity (Wildman–Crippen MR) is 142 cm³/mol. The van der Waals surface area contributed by atoms with Crippen LogP contribution in [0.4, 0.5) is 5.69 Å². The van der Waals surface area contributed by atoms with Gasteiger partial charge in [0.15, 0.2) is 28.8 Å². The monoisotopic (exact) mass is 514 g/mol. The first-order chi connectivity index (χ1) is 18.4. The van der Waals surface area contributed by atoms with Crippen LogP contribution < -0.4 is 29.7 Å². The van der Waals surface area contributed by atoms with E-state index in [0.717, 1.165) is 5.56 Å². The van der Waals surface area contributed by atoms with E-state index in [1.54, 1.807) is 41.0 Å². The normalized spacial score (nSPS) is 12.2. The fourth-order valence-electron chi connectivity index (χ4n) is 4.35. The first-order valence-corrected chi connectivity index (χ1v) is 12.0. The molecule has 194 valence electrons. The molecule has 0 saturated carbocycles. The smallest absolute Gasteiger partial charge is 0.244 e. The molecule has 2 heterocycles. The van der Waals surface area contributed by atoms with Gasteiger partial charge < -0.3 is 28.8 Å². The number of ketones is 1. The molecular weight excluding hydrogens is 488 g/mol. The van der Waals surface area contributed by atoms with Gasteiger partial charge in [-0.05, 0) is 25.1 Å². The van der Waals surface area contributed by atoms with E-state index in [4.69, 9.17) is 18.9 Å². The van der Waals surface area contributed by atoms with Crippen molar-refractivity contribution in [3.63, 3.8) is 0 Å². The number of methoxy groups -OCH3 is 2. The highest BCUT2D eigenvalue weighted by Crippen LogP contribution is 2.33. The van der Waals surface area contributed by atoms with Crippen LogP contribution in [0.15, 0.2) is 65.6 Å². The number of anilines is 1. The van der Waals surface area contributed by atoms with E-state index in [-0.39, 0.29) is 23.4 Å². The highest BCUT2D eigenvalue weighted by Gasteiger charge is 2.21. The Morgan fingerprint density at radius 2 is 1.61 bits per heavy atom. The number of amides is 1. The fourth-order valence-corrected chi connectivity index (χ4v) is 4.35. The number of benzene rings is 3. The Labute approximate surface area is 218 Å². The van der Waals surface area contributed by atoms with Crippen LogP contribution in [0.3, 0.4) is 0 Å². The number of nitrogens with zero attached hydrogens (tertiary/aromatic N) is 1. The molecule has 0 radical (unpaired) electrons. The van der Waals surface area contributed by atoms with E-state index in [1.807, 2.05) is 19.1 Å². The molecule has 0 aliphatic carbocycles. The van der Waals surface area contributed by atoms with Gasteiger partial charge in [-0.3, -0.25) is 14.4 Å². The molecule has 38 heavy (non-hydrogen) atoms. The summed E-state index contributed by atoms with van der Waals surface area (Å²) in [6.45, 7) is 2.64. The largest absolute Gasteiger partial charge is 0.493 e. The quantitative estimate of drug-likeness (QED) is 0.372. The lowest BCUT2D eigenvalue weighted by molar-refractivity contribution is -0.116. The molecule has 9 nitrogen and oxygen atoms in total. The topological polar surface area (TPSA) is 105 Å². The molecule has 3 aromatic carbocycles. The molecule has 0 unspecified atom stereocenters. The van der Waals surface area contributed by atoms with Crippen LogP contribution >= 0.6 is 0 Å². The first-order valence-electron chi connectivity index (χ1n) is 12.0. The summed E-state index contributed by atoms with van der Waals surface area (Å²) in [7, 11) is 2.94. The maximum Gasteiger partial charge on any atom is 0.244 e. The van der Waals surface area contributed by atoms with Gasteiger partial charge in [-0.25, -0.2) is 0 Å². The zero-order valence-electron chi connectivity index (χ0n) is 21.2. The van der Waals surface area contributed by atoms with Crippen molar-refractivity contribution < 1.29 is 28.5 Å². The lowest BCUT2D eigenvalue weighted by atomic mass is 10.0. The average Bonchev–Trinajstić information content (AvgIpc) is 2.93. The average molecular weight is 515 g/mol. The van der Waals surface area contributed by atoms with E-state index >= 15 is 0 Å². The van der Waals surface area contributed by atoms with E-state index in [9.17, 15) is 14.4 Å². The molecule has 0 spiro atoms. The van der Waals surface area contributed by atoms with Crippen molar-refractivity contribution in [1.29, 1.82) is 0 Å². The van der Waals surface area contributed by atoms with Crippen LogP contribution in [0.25, 0.3) is 10.9 Å². The van der Waals surface area contributed by atoms with Gasteiger partial charge in [0.1, 0.15) is 19.8 Å². The van der Waals surface area contributed by atoms with E-state index in [2.05, 4.69) is 5.32 Å². The third-order valence-corrected chi connectivity index (χ3v) is 6.28. The molecule has 1 aliphatic heterocycles. The number of pyridine rings is 1. The highest BCUT2D eigenvalue weighted by molar-refractivity contribution is 6.10. The third kappa shape index (κ3) is 4.78. The van der Waals surface area contributed by atoms with Crippen LogP contribution in [0.2, 0.25) is 0 Å². The fraction of sp³-hybridized carbons (Fsp3) is 0.207. The summed E-state index contributed by atoms with van der Waals surface area (Å²) >= 11 is 0. The maximum atomic E-state index is 13.5. The Hall–Kier alpha value is -4.79. The van der Waals surface area contributed by atoms with E-state index in [0.29, 0.717) is 53.0 Å². The van der Waals surface area contributed by atoms with E-state index < -0.39 is 11.2 Å². The standard InChI is InChI=1S/C29H26N2O7/c1-17-4-6-18(7-5-17)28(33)21-15-31(22-14-25(36-3)24(35-2)13-20(22)29(21)34)16-27(32)30-19-8-9-23-26(12-19)38-11-10-37-23/h4-9,12-15H,10-11,16H2,1-3H3,(H,30,32). The zero-order valence-corrected chi connectivity index (χ0v) is 21.2. The lowest BCUT2D eigenvalue weighted by Crippen LogP contribution is -2.24. The van der Waals surface area contributed by atoms with Gasteiger partial charge in [0, 0.05) is 29.6 Å². The van der Waals surface area contributed by atoms with Gasteiger partial charge in [0.2, 0.25) is 11.3 Å². The molecule has 0 saturated heterocycles. The minimum Gasteiger partial charge on any atom is -0.493 e. The first kappa shape index (κ1) is 24.9. The molecule has 0 fully saturated rings. The Kier molecular flexibility index (Phi) is 6.74. The molecule has 0 bridgehead atoms. The Morgan fingerprint density at radius 1 is 0.921 bits per heavy atom. The second kappa shape index (κ2) is 10.3. The minimum absolute atomic E-state index is 0.0549. The third-order valence-electron chi connectivity index (χ3n) is 6.28. The second-order valence-corrected chi connectivity index (χ2v) is 8.83. The van der Waals surface area contributed by atoms with Gasteiger partial charge in [-0.15, -0.1) is 0 Å². The van der Waals surface area contributed by atoms with Gasteiger partial charge in [0.05, 0.1) is 30.7 Å². The molecule has 0 atom stereocenters. The molecule has 1 aromatic heterocycles. The number of fused-ring (bicyclic) bond motifs is 2. The molecule has 1 amide bonds. The van der Waals surface area contributed by atoms with E-state index in [1.165, 1.54) is 26.5 Å². The van der Waals surface area contributed by atoms with Crippen molar-refractivity contribution in [2.45, 2.75) is 13.5 Å². The molecule has 4 aromatic rings. The number of hydrogen-bond donors (Lipinski definition) is 1. The summed E-state index contributed by atoms with van der Waals surface area (Å²) < 4.78 is 23.5. The Morgan fingerprint density at radius 3 is 2.32 bits per heavy atom. The number of aromatic nitrogens is 1. The number of hydrogen-bond acceptors (Lipinski definition) is 7. The summed E-state index contributed by atoms with van der Waals surface area (Å²) in [4.78, 5) is 40.0. The number of aryl methyl sites for hydroxylation is 1. The molecule has 1 aliphatic rings. The highest BCUT2D eigenvalue weighted by atomic mass is 16.6. The summed E-state index contributed by atoms with van der Waals surface area (Å²) in [5.41, 5.74) is 1.80. The number of nitrogens with one attached hydrogen (secondary N) is 1. The Bertz CT molecular complexity index is 1610. The number of rotatable bonds is 7. The molecule has 1 N–H and O–H groups in total. The molecular formula is C29H26N2O7. The van der Waals surface area contributed by atoms with Crippen LogP contribution in [-0.4, -0.2) is 43.7 Å².